The van der Waals surface area contributed by atoms with Gasteiger partial charge in [0.1, 0.15) is 0 Å². The molecule has 0 atom stereocenters. The SMILES string of the molecule is COc1c(Cl)cccc1SF. The van der Waals surface area contributed by atoms with E-state index in [0.717, 1.165) is 0 Å². The predicted molar refractivity (Wildman–Crippen MR) is 45.0 cm³/mol. The molecule has 0 aromatic heterocycles. The van der Waals surface area contributed by atoms with Crippen molar-refractivity contribution in [3.8, 4) is 5.75 Å². The molecule has 0 spiro atoms. The predicted octanol–water partition coefficient (Wildman–Crippen LogP) is 3.33. The Morgan fingerprint density at radius 3 is 2.73 bits per heavy atom. The van der Waals surface area contributed by atoms with Crippen LogP contribution in [0.15, 0.2) is 23.1 Å². The molecule has 0 saturated carbocycles. The van der Waals surface area contributed by atoms with Crippen molar-refractivity contribution in [2.45, 2.75) is 4.90 Å². The number of halogens is 2. The maximum Gasteiger partial charge on any atom is 0.153 e. The Hall–Kier alpha value is -0.410. The Bertz CT molecular complexity index is 254. The Morgan fingerprint density at radius 1 is 1.55 bits per heavy atom. The standard InChI is InChI=1S/C7H6ClFOS/c1-10-7-5(8)3-2-4-6(7)11-9/h2-4H,1H3. The van der Waals surface area contributed by atoms with Gasteiger partial charge in [-0.3, -0.25) is 0 Å². The summed E-state index contributed by atoms with van der Waals surface area (Å²) in [6.45, 7) is 0. The summed E-state index contributed by atoms with van der Waals surface area (Å²) in [5.74, 6) is 0.390. The van der Waals surface area contributed by atoms with Crippen LogP contribution in [-0.2, 0) is 0 Å². The monoisotopic (exact) mass is 192 g/mol. The molecule has 0 aliphatic heterocycles. The zero-order valence-electron chi connectivity index (χ0n) is 5.80. The summed E-state index contributed by atoms with van der Waals surface area (Å²) in [6, 6.07) is 4.93. The van der Waals surface area contributed by atoms with Crippen molar-refractivity contribution in [2.24, 2.45) is 0 Å². The third-order valence-corrected chi connectivity index (χ3v) is 2.00. The van der Waals surface area contributed by atoms with Crippen LogP contribution >= 0.6 is 23.7 Å². The van der Waals surface area contributed by atoms with Crippen LogP contribution in [0, 0.1) is 0 Å². The average molecular weight is 193 g/mol. The van der Waals surface area contributed by atoms with Crippen molar-refractivity contribution < 1.29 is 8.62 Å². The zero-order valence-corrected chi connectivity index (χ0v) is 7.38. The highest BCUT2D eigenvalue weighted by Crippen LogP contribution is 2.35. The molecule has 4 heteroatoms. The van der Waals surface area contributed by atoms with Crippen molar-refractivity contribution in [1.29, 1.82) is 0 Å². The van der Waals surface area contributed by atoms with Crippen molar-refractivity contribution in [2.75, 3.05) is 7.11 Å². The van der Waals surface area contributed by atoms with E-state index < -0.39 is 0 Å². The van der Waals surface area contributed by atoms with Gasteiger partial charge in [-0.05, 0) is 12.1 Å². The summed E-state index contributed by atoms with van der Waals surface area (Å²) < 4.78 is 17.0. The topological polar surface area (TPSA) is 9.23 Å². The number of hydrogen-bond acceptors (Lipinski definition) is 2. The number of benzene rings is 1. The van der Waals surface area contributed by atoms with Gasteiger partial charge in [-0.2, -0.15) is 3.89 Å². The summed E-state index contributed by atoms with van der Waals surface area (Å²) in [5.41, 5.74) is 0. The number of methoxy groups -OCH3 is 1. The van der Waals surface area contributed by atoms with Crippen LogP contribution in [0.25, 0.3) is 0 Å². The molecule has 0 amide bonds. The molecular weight excluding hydrogens is 187 g/mol. The first-order valence-corrected chi connectivity index (χ1v) is 4.00. The second kappa shape index (κ2) is 3.83. The lowest BCUT2D eigenvalue weighted by Crippen LogP contribution is -1.85. The summed E-state index contributed by atoms with van der Waals surface area (Å²) in [5, 5.41) is 0.426. The van der Waals surface area contributed by atoms with Gasteiger partial charge in [0.2, 0.25) is 0 Å². The van der Waals surface area contributed by atoms with E-state index in [9.17, 15) is 3.89 Å². The fraction of sp³-hybridized carbons (Fsp3) is 0.143. The van der Waals surface area contributed by atoms with E-state index in [1.807, 2.05) is 0 Å². The first-order chi connectivity index (χ1) is 5.29. The van der Waals surface area contributed by atoms with Crippen molar-refractivity contribution in [3.05, 3.63) is 23.2 Å². The van der Waals surface area contributed by atoms with Crippen LogP contribution in [0.2, 0.25) is 5.02 Å². The molecule has 11 heavy (non-hydrogen) atoms. The molecular formula is C7H6ClFOS. The molecule has 0 saturated heterocycles. The van der Waals surface area contributed by atoms with Crippen LogP contribution in [0.3, 0.4) is 0 Å². The summed E-state index contributed by atoms with van der Waals surface area (Å²) >= 11 is 5.83. The Labute approximate surface area is 73.8 Å². The van der Waals surface area contributed by atoms with E-state index in [-0.39, 0.29) is 12.1 Å². The molecule has 60 valence electrons. The van der Waals surface area contributed by atoms with Gasteiger partial charge >= 0.3 is 0 Å². The molecule has 0 heterocycles. The highest BCUT2D eigenvalue weighted by atomic mass is 35.5. The van der Waals surface area contributed by atoms with Crippen LogP contribution in [0.4, 0.5) is 3.89 Å². The molecule has 0 unspecified atom stereocenters. The Balaban J connectivity index is 3.13. The van der Waals surface area contributed by atoms with Gasteiger partial charge < -0.3 is 4.74 Å². The maximum absolute atomic E-state index is 12.1. The van der Waals surface area contributed by atoms with Gasteiger partial charge in [0.25, 0.3) is 0 Å². The Kier molecular flexibility index (Phi) is 3.02. The van der Waals surface area contributed by atoms with Gasteiger partial charge in [-0.1, -0.05) is 17.7 Å². The molecule has 1 aromatic rings. The van der Waals surface area contributed by atoms with E-state index >= 15 is 0 Å². The minimum absolute atomic E-state index is 0.125. The number of para-hydroxylation sites is 1. The maximum atomic E-state index is 12.1. The molecule has 0 N–H and O–H groups in total. The third-order valence-electron chi connectivity index (χ3n) is 1.22. The normalized spacial score (nSPS) is 9.73. The smallest absolute Gasteiger partial charge is 0.153 e. The first-order valence-electron chi connectivity index (χ1n) is 2.90. The average Bonchev–Trinajstić information content (AvgIpc) is 2.04. The minimum atomic E-state index is 0.125. The Morgan fingerprint density at radius 2 is 2.27 bits per heavy atom. The summed E-state index contributed by atoms with van der Waals surface area (Å²) in [7, 11) is 1.46. The van der Waals surface area contributed by atoms with Gasteiger partial charge in [-0.15, -0.1) is 0 Å². The van der Waals surface area contributed by atoms with Crippen molar-refractivity contribution in [3.63, 3.8) is 0 Å². The third kappa shape index (κ3) is 1.79. The van der Waals surface area contributed by atoms with E-state index in [1.165, 1.54) is 7.11 Å². The first kappa shape index (κ1) is 8.68. The molecule has 0 bridgehead atoms. The second-order valence-electron chi connectivity index (χ2n) is 1.85. The van der Waals surface area contributed by atoms with Crippen molar-refractivity contribution >= 4 is 23.7 Å². The van der Waals surface area contributed by atoms with Gasteiger partial charge in [0, 0.05) is 0 Å². The molecule has 0 aliphatic carbocycles. The highest BCUT2D eigenvalue weighted by Gasteiger charge is 2.06. The quantitative estimate of drug-likeness (QED) is 0.711. The molecule has 0 aliphatic rings. The van der Waals surface area contributed by atoms with Crippen molar-refractivity contribution in [1.82, 2.24) is 0 Å². The van der Waals surface area contributed by atoms with Gasteiger partial charge in [0.15, 0.2) is 5.75 Å². The van der Waals surface area contributed by atoms with E-state index in [2.05, 4.69) is 0 Å². The largest absolute Gasteiger partial charge is 0.494 e. The van der Waals surface area contributed by atoms with E-state index in [0.29, 0.717) is 15.7 Å². The van der Waals surface area contributed by atoms with E-state index in [1.54, 1.807) is 18.2 Å². The lowest BCUT2D eigenvalue weighted by molar-refractivity contribution is 0.404. The van der Waals surface area contributed by atoms with E-state index in [4.69, 9.17) is 16.3 Å². The molecule has 1 nitrogen and oxygen atoms in total. The number of ether oxygens (including phenoxy) is 1. The fourth-order valence-electron chi connectivity index (χ4n) is 0.748. The minimum Gasteiger partial charge on any atom is -0.494 e. The van der Waals surface area contributed by atoms with Crippen LogP contribution < -0.4 is 4.74 Å². The lowest BCUT2D eigenvalue weighted by Gasteiger charge is -2.04. The van der Waals surface area contributed by atoms with Gasteiger partial charge in [-0.25, -0.2) is 0 Å². The zero-order chi connectivity index (χ0) is 8.27. The molecule has 1 aromatic carbocycles. The fourth-order valence-corrected chi connectivity index (χ4v) is 1.45. The highest BCUT2D eigenvalue weighted by molar-refractivity contribution is 7.94. The number of rotatable bonds is 2. The summed E-state index contributed by atoms with van der Waals surface area (Å²) in [6.07, 6.45) is 0. The van der Waals surface area contributed by atoms with Crippen LogP contribution in [-0.4, -0.2) is 7.11 Å². The summed E-state index contributed by atoms with van der Waals surface area (Å²) in [4.78, 5) is 0.403. The van der Waals surface area contributed by atoms with Crippen LogP contribution in [0.5, 0.6) is 5.75 Å². The lowest BCUT2D eigenvalue weighted by atomic mass is 10.3. The van der Waals surface area contributed by atoms with Gasteiger partial charge in [0.05, 0.1) is 29.2 Å². The number of hydrogen-bond donors (Lipinski definition) is 0. The molecule has 0 fully saturated rings. The second-order valence-corrected chi connectivity index (χ2v) is 2.85. The molecule has 0 radical (unpaired) electrons. The molecule has 1 rings (SSSR count). The van der Waals surface area contributed by atoms with Crippen LogP contribution in [0.1, 0.15) is 0 Å².